The first-order chi connectivity index (χ1) is 16.2. The third kappa shape index (κ3) is 4.68. The molecule has 1 aliphatic heterocycles. The highest BCUT2D eigenvalue weighted by atomic mass is 19.4. The number of anilines is 1. The van der Waals surface area contributed by atoms with E-state index in [1.54, 1.807) is 19.2 Å². The predicted octanol–water partition coefficient (Wildman–Crippen LogP) is 3.96. The highest BCUT2D eigenvalue weighted by molar-refractivity contribution is 5.89. The van der Waals surface area contributed by atoms with Crippen molar-refractivity contribution in [3.63, 3.8) is 0 Å². The summed E-state index contributed by atoms with van der Waals surface area (Å²) in [5, 5.41) is 0. The van der Waals surface area contributed by atoms with Gasteiger partial charge in [-0.15, -0.1) is 4.98 Å². The Morgan fingerprint density at radius 1 is 1.24 bits per heavy atom. The monoisotopic (exact) mass is 473 g/mol. The van der Waals surface area contributed by atoms with E-state index < -0.39 is 24.1 Å². The van der Waals surface area contributed by atoms with Crippen LogP contribution in [0, 0.1) is 6.57 Å². The number of piperidine rings is 1. The fourth-order valence-electron chi connectivity index (χ4n) is 4.04. The van der Waals surface area contributed by atoms with Crippen molar-refractivity contribution in [3.05, 3.63) is 64.0 Å². The largest absolute Gasteiger partial charge is 0.487 e. The smallest absolute Gasteiger partial charge is 0.433 e. The van der Waals surface area contributed by atoms with Crippen molar-refractivity contribution in [1.82, 2.24) is 14.5 Å². The summed E-state index contributed by atoms with van der Waals surface area (Å²) < 4.78 is 52.3. The van der Waals surface area contributed by atoms with Crippen LogP contribution in [-0.2, 0) is 18.0 Å². The predicted molar refractivity (Wildman–Crippen MR) is 119 cm³/mol. The molecule has 8 nitrogen and oxygen atoms in total. The van der Waals surface area contributed by atoms with E-state index in [1.807, 2.05) is 11.8 Å². The Morgan fingerprint density at radius 3 is 2.74 bits per heavy atom. The van der Waals surface area contributed by atoms with Gasteiger partial charge >= 0.3 is 6.18 Å². The minimum absolute atomic E-state index is 0.0628. The van der Waals surface area contributed by atoms with Gasteiger partial charge in [0.2, 0.25) is 5.52 Å². The van der Waals surface area contributed by atoms with E-state index in [0.29, 0.717) is 42.8 Å². The zero-order chi connectivity index (χ0) is 24.5. The van der Waals surface area contributed by atoms with Gasteiger partial charge in [0.05, 0.1) is 11.2 Å². The van der Waals surface area contributed by atoms with Crippen LogP contribution in [0.5, 0.6) is 5.75 Å². The van der Waals surface area contributed by atoms with Crippen LogP contribution < -0.4 is 15.2 Å². The maximum atomic E-state index is 13.0. The van der Waals surface area contributed by atoms with E-state index in [2.05, 4.69) is 14.8 Å². The maximum absolute atomic E-state index is 13.0. The van der Waals surface area contributed by atoms with Gasteiger partial charge in [-0.25, -0.2) is 0 Å². The van der Waals surface area contributed by atoms with Gasteiger partial charge in [0.25, 0.3) is 11.4 Å². The number of aryl methyl sites for hydroxylation is 1. The summed E-state index contributed by atoms with van der Waals surface area (Å²) in [5.74, 6) is 0.276. The van der Waals surface area contributed by atoms with Crippen molar-refractivity contribution in [1.29, 1.82) is 0 Å². The molecule has 4 rings (SSSR count). The third-order valence-corrected chi connectivity index (χ3v) is 5.70. The number of hydrogen-bond donors (Lipinski definition) is 0. The molecular formula is C23H22F3N5O3. The standard InChI is InChI=1S/C23H22F3N5O3/c1-4-33-18-13-31(10-8-17(18)34-14-7-9-28-19(11-14)23(24,25)26)16-12-21(32)30(3)15-5-6-20(27-2)29-22(15)16/h5-7,9,11-12,17-18H,4,8,10,13H2,1,3H3/t17-,18-/m0/s1. The molecule has 3 aromatic rings. The highest BCUT2D eigenvalue weighted by Gasteiger charge is 2.35. The van der Waals surface area contributed by atoms with Crippen LogP contribution in [0.15, 0.2) is 41.3 Å². The van der Waals surface area contributed by atoms with Gasteiger partial charge < -0.3 is 23.8 Å². The van der Waals surface area contributed by atoms with Gasteiger partial charge in [0.15, 0.2) is 0 Å². The van der Waals surface area contributed by atoms with E-state index in [0.717, 1.165) is 12.3 Å². The molecule has 0 radical (unpaired) electrons. The second-order valence-electron chi connectivity index (χ2n) is 7.84. The number of pyridine rings is 3. The molecule has 178 valence electrons. The van der Waals surface area contributed by atoms with Crippen LogP contribution in [-0.4, -0.2) is 46.4 Å². The fraction of sp³-hybridized carbons (Fsp3) is 0.391. The molecule has 34 heavy (non-hydrogen) atoms. The molecule has 0 amide bonds. The molecule has 0 spiro atoms. The van der Waals surface area contributed by atoms with Crippen molar-refractivity contribution < 1.29 is 22.6 Å². The molecule has 11 heteroatoms. The lowest BCUT2D eigenvalue weighted by molar-refractivity contribution is -0.141. The molecule has 0 bridgehead atoms. The molecule has 1 fully saturated rings. The summed E-state index contributed by atoms with van der Waals surface area (Å²) in [6.45, 7) is 10.3. The Morgan fingerprint density at radius 2 is 2.03 bits per heavy atom. The minimum Gasteiger partial charge on any atom is -0.487 e. The second kappa shape index (κ2) is 9.30. The first-order valence-electron chi connectivity index (χ1n) is 10.7. The first-order valence-corrected chi connectivity index (χ1v) is 10.7. The number of fused-ring (bicyclic) bond motifs is 1. The van der Waals surface area contributed by atoms with Crippen LogP contribution in [0.25, 0.3) is 15.9 Å². The average Bonchev–Trinajstić information content (AvgIpc) is 2.82. The van der Waals surface area contributed by atoms with Crippen molar-refractivity contribution >= 4 is 22.5 Å². The van der Waals surface area contributed by atoms with Gasteiger partial charge in [-0.3, -0.25) is 9.78 Å². The molecule has 0 unspecified atom stereocenters. The topological polar surface area (TPSA) is 73.8 Å². The normalized spacial score (nSPS) is 18.6. The summed E-state index contributed by atoms with van der Waals surface area (Å²) in [5.41, 5.74) is 0.452. The van der Waals surface area contributed by atoms with E-state index in [1.165, 1.54) is 16.7 Å². The molecule has 0 aromatic carbocycles. The maximum Gasteiger partial charge on any atom is 0.433 e. The lowest BCUT2D eigenvalue weighted by Gasteiger charge is -2.39. The summed E-state index contributed by atoms with van der Waals surface area (Å²) >= 11 is 0. The molecule has 2 atom stereocenters. The van der Waals surface area contributed by atoms with E-state index >= 15 is 0 Å². The lowest BCUT2D eigenvalue weighted by atomic mass is 10.0. The Labute approximate surface area is 193 Å². The van der Waals surface area contributed by atoms with Crippen LogP contribution in [0.3, 0.4) is 0 Å². The molecule has 1 saturated heterocycles. The third-order valence-electron chi connectivity index (χ3n) is 5.70. The van der Waals surface area contributed by atoms with Crippen molar-refractivity contribution in [2.75, 3.05) is 24.6 Å². The Balaban J connectivity index is 1.63. The quantitative estimate of drug-likeness (QED) is 0.523. The minimum atomic E-state index is -4.57. The Hall–Kier alpha value is -3.65. The summed E-state index contributed by atoms with van der Waals surface area (Å²) in [6, 6.07) is 6.99. The molecule has 4 heterocycles. The zero-order valence-corrected chi connectivity index (χ0v) is 18.5. The average molecular weight is 473 g/mol. The van der Waals surface area contributed by atoms with Crippen molar-refractivity contribution in [2.45, 2.75) is 31.7 Å². The van der Waals surface area contributed by atoms with Gasteiger partial charge in [-0.05, 0) is 25.1 Å². The number of rotatable bonds is 5. The summed E-state index contributed by atoms with van der Waals surface area (Å²) in [6.07, 6.45) is -4.03. The SMILES string of the molecule is [C-]#[N+]c1ccc2c(n1)c(N1CC[C@H](Oc3ccnc(C(F)(F)F)c3)[C@@H](OCC)C1)cc(=O)n2C. The van der Waals surface area contributed by atoms with Gasteiger partial charge in [0.1, 0.15) is 23.7 Å². The highest BCUT2D eigenvalue weighted by Crippen LogP contribution is 2.32. The first kappa shape index (κ1) is 23.5. The zero-order valence-electron chi connectivity index (χ0n) is 18.5. The van der Waals surface area contributed by atoms with Crippen LogP contribution in [0.1, 0.15) is 19.0 Å². The Bertz CT molecular complexity index is 1300. The Kier molecular flexibility index (Phi) is 6.43. The number of halogens is 3. The molecule has 0 aliphatic carbocycles. The van der Waals surface area contributed by atoms with Gasteiger partial charge in [0, 0.05) is 51.5 Å². The molecule has 3 aromatic heterocycles. The van der Waals surface area contributed by atoms with Crippen LogP contribution in [0.4, 0.5) is 24.7 Å². The van der Waals surface area contributed by atoms with Gasteiger partial charge in [-0.1, -0.05) is 6.57 Å². The lowest BCUT2D eigenvalue weighted by Crippen LogP contribution is -2.50. The van der Waals surface area contributed by atoms with Crippen LogP contribution >= 0.6 is 0 Å². The van der Waals surface area contributed by atoms with Crippen molar-refractivity contribution in [2.24, 2.45) is 7.05 Å². The number of nitrogens with zero attached hydrogens (tertiary/aromatic N) is 5. The summed E-state index contributed by atoms with van der Waals surface area (Å²) in [4.78, 5) is 25.7. The van der Waals surface area contributed by atoms with E-state index in [4.69, 9.17) is 16.0 Å². The van der Waals surface area contributed by atoms with E-state index in [-0.39, 0.29) is 17.1 Å². The molecular weight excluding hydrogens is 451 g/mol. The number of hydrogen-bond acceptors (Lipinski definition) is 6. The number of aromatic nitrogens is 3. The molecule has 0 N–H and O–H groups in total. The van der Waals surface area contributed by atoms with Crippen LogP contribution in [0.2, 0.25) is 0 Å². The molecule has 1 aliphatic rings. The van der Waals surface area contributed by atoms with Crippen molar-refractivity contribution in [3.8, 4) is 5.75 Å². The van der Waals surface area contributed by atoms with E-state index in [9.17, 15) is 18.0 Å². The summed E-state index contributed by atoms with van der Waals surface area (Å²) in [7, 11) is 1.64. The van der Waals surface area contributed by atoms with Gasteiger partial charge in [-0.2, -0.15) is 13.2 Å². The fourth-order valence-corrected chi connectivity index (χ4v) is 4.04. The number of alkyl halides is 3. The second-order valence-corrected chi connectivity index (χ2v) is 7.84. The number of ether oxygens (including phenoxy) is 2. The molecule has 0 saturated carbocycles.